The molecule has 6 heterocycles. The Morgan fingerprint density at radius 1 is 0.704 bits per heavy atom. The number of aromatic nitrogens is 2. The molecular weight excluding hydrogens is 684 g/mol. The van der Waals surface area contributed by atoms with Gasteiger partial charge in [0.15, 0.2) is 0 Å². The van der Waals surface area contributed by atoms with Crippen LogP contribution >= 0.6 is 0 Å². The number of aryl methyl sites for hydroxylation is 1. The fraction of sp³-hybridized carbons (Fsp3) is 0.571. The first kappa shape index (κ1) is 38.2. The first-order valence-electron chi connectivity index (χ1n) is 20.0. The van der Waals surface area contributed by atoms with Crippen molar-refractivity contribution in [3.8, 4) is 11.5 Å². The Kier molecular flexibility index (Phi) is 12.1. The molecule has 2 amide bonds. The second kappa shape index (κ2) is 17.1. The highest BCUT2D eigenvalue weighted by molar-refractivity contribution is 5.99. The molecule has 8 rings (SSSR count). The Morgan fingerprint density at radius 3 is 1.78 bits per heavy atom. The largest absolute Gasteiger partial charge is 0.489 e. The van der Waals surface area contributed by atoms with Crippen LogP contribution in [0.15, 0.2) is 48.5 Å². The van der Waals surface area contributed by atoms with Crippen molar-refractivity contribution < 1.29 is 28.5 Å². The third-order valence-corrected chi connectivity index (χ3v) is 11.2. The highest BCUT2D eigenvalue weighted by Gasteiger charge is 2.28. The van der Waals surface area contributed by atoms with Gasteiger partial charge in [0.1, 0.15) is 35.1 Å². The van der Waals surface area contributed by atoms with Crippen LogP contribution in [-0.2, 0) is 16.0 Å². The summed E-state index contributed by atoms with van der Waals surface area (Å²) in [6.45, 7) is 21.0. The maximum atomic E-state index is 13.0. The molecule has 0 bridgehead atoms. The zero-order valence-electron chi connectivity index (χ0n) is 32.7. The monoisotopic (exact) mass is 742 g/mol. The zero-order chi connectivity index (χ0) is 37.8. The van der Waals surface area contributed by atoms with Gasteiger partial charge in [-0.25, -0.2) is 0 Å². The average molecular weight is 743 g/mol. The van der Waals surface area contributed by atoms with Crippen LogP contribution in [-0.4, -0.2) is 144 Å². The lowest BCUT2D eigenvalue weighted by molar-refractivity contribution is 0.0295. The molecule has 4 aromatic rings. The summed E-state index contributed by atoms with van der Waals surface area (Å²) in [5, 5.41) is 2.08. The van der Waals surface area contributed by atoms with E-state index >= 15 is 0 Å². The second-order valence-corrected chi connectivity index (χ2v) is 15.5. The van der Waals surface area contributed by atoms with Crippen molar-refractivity contribution in [2.45, 2.75) is 78.3 Å². The van der Waals surface area contributed by atoms with Gasteiger partial charge in [0.05, 0.1) is 26.4 Å². The number of morpholine rings is 2. The van der Waals surface area contributed by atoms with Crippen LogP contribution in [0.4, 0.5) is 0 Å². The molecule has 0 spiro atoms. The number of fused-ring (bicyclic) bond motifs is 2. The molecule has 4 saturated heterocycles. The lowest BCUT2D eigenvalue weighted by Crippen LogP contribution is -2.41. The minimum Gasteiger partial charge on any atom is -0.489 e. The maximum Gasteiger partial charge on any atom is 0.270 e. The Labute approximate surface area is 319 Å². The van der Waals surface area contributed by atoms with Crippen molar-refractivity contribution in [1.29, 1.82) is 0 Å². The van der Waals surface area contributed by atoms with E-state index in [1.807, 2.05) is 46.2 Å². The minimum absolute atomic E-state index is 0.0373. The summed E-state index contributed by atoms with van der Waals surface area (Å²) in [7, 11) is 0. The number of carbonyl (C=O) groups excluding carboxylic acids is 2. The summed E-state index contributed by atoms with van der Waals surface area (Å²) >= 11 is 0. The summed E-state index contributed by atoms with van der Waals surface area (Å²) in [5.74, 6) is 1.89. The van der Waals surface area contributed by atoms with Gasteiger partial charge in [0, 0.05) is 92.8 Å². The van der Waals surface area contributed by atoms with E-state index in [1.165, 1.54) is 0 Å². The molecule has 0 aliphatic carbocycles. The van der Waals surface area contributed by atoms with E-state index in [2.05, 4.69) is 66.1 Å². The normalized spacial score (nSPS) is 21.3. The van der Waals surface area contributed by atoms with Gasteiger partial charge in [-0.3, -0.25) is 19.4 Å². The van der Waals surface area contributed by atoms with Gasteiger partial charge >= 0.3 is 0 Å². The molecule has 4 aliphatic heterocycles. The summed E-state index contributed by atoms with van der Waals surface area (Å²) in [6, 6.07) is 17.3. The number of aromatic amines is 1. The Hall–Kier alpha value is -4.10. The molecule has 292 valence electrons. The molecule has 4 aliphatic rings. The lowest BCUT2D eigenvalue weighted by atomic mass is 10.2. The van der Waals surface area contributed by atoms with Crippen molar-refractivity contribution in [3.63, 3.8) is 0 Å². The summed E-state index contributed by atoms with van der Waals surface area (Å²) < 4.78 is 25.3. The Morgan fingerprint density at radius 2 is 1.24 bits per heavy atom. The summed E-state index contributed by atoms with van der Waals surface area (Å²) in [4.78, 5) is 37.5. The number of nitrogens with zero attached hydrogens (tertiary/aromatic N) is 5. The maximum absolute atomic E-state index is 13.0. The zero-order valence-corrected chi connectivity index (χ0v) is 32.7. The molecule has 0 saturated carbocycles. The minimum atomic E-state index is 0.0373. The van der Waals surface area contributed by atoms with E-state index < -0.39 is 0 Å². The van der Waals surface area contributed by atoms with Crippen molar-refractivity contribution in [1.82, 2.24) is 29.2 Å². The van der Waals surface area contributed by atoms with Crippen LogP contribution in [0.2, 0.25) is 0 Å². The van der Waals surface area contributed by atoms with Gasteiger partial charge in [-0.15, -0.1) is 0 Å². The molecule has 2 unspecified atom stereocenters. The number of H-pyrrole nitrogens is 1. The number of nitrogens with one attached hydrogen (secondary N) is 1. The van der Waals surface area contributed by atoms with E-state index in [-0.39, 0.29) is 24.0 Å². The standard InChI is InChI=1S/C22H31N3O3.C20H27N3O3/c1-4-25-20-6-5-18(28-19-7-8-24(15-19)16(2)3)13-17(20)14-21(25)22(26)23-9-11-27-12-10-23;1-14(2)23-6-5-17(13-23)26-16-3-4-18-15(11-16)12-19(21-18)20(24)22-7-9-25-10-8-22/h5-6,13-14,16,19H,4,7-12,15H2,1-3H3;3-4,11-12,14,17,21H,5-10,13H2,1-2H3. The fourth-order valence-electron chi connectivity index (χ4n) is 8.03. The number of hydrogen-bond donors (Lipinski definition) is 1. The number of hydrogen-bond acceptors (Lipinski definition) is 8. The number of amides is 2. The lowest BCUT2D eigenvalue weighted by Gasteiger charge is -2.27. The van der Waals surface area contributed by atoms with Crippen LogP contribution in [0.5, 0.6) is 11.5 Å². The first-order valence-corrected chi connectivity index (χ1v) is 20.0. The third kappa shape index (κ3) is 8.72. The van der Waals surface area contributed by atoms with Crippen LogP contribution in [0.25, 0.3) is 21.8 Å². The molecule has 2 atom stereocenters. The van der Waals surface area contributed by atoms with Crippen LogP contribution in [0.3, 0.4) is 0 Å². The Bertz CT molecular complexity index is 1890. The third-order valence-electron chi connectivity index (χ3n) is 11.2. The quantitative estimate of drug-likeness (QED) is 0.240. The van der Waals surface area contributed by atoms with Crippen LogP contribution < -0.4 is 9.47 Å². The Balaban J connectivity index is 0.000000167. The highest BCUT2D eigenvalue weighted by atomic mass is 16.5. The van der Waals surface area contributed by atoms with Gasteiger partial charge in [-0.1, -0.05) is 0 Å². The average Bonchev–Trinajstić information content (AvgIpc) is 4.01. The molecule has 54 heavy (non-hydrogen) atoms. The van der Waals surface area contributed by atoms with E-state index in [4.69, 9.17) is 18.9 Å². The highest BCUT2D eigenvalue weighted by Crippen LogP contribution is 2.29. The van der Waals surface area contributed by atoms with Crippen molar-refractivity contribution >= 4 is 33.6 Å². The van der Waals surface area contributed by atoms with Crippen LogP contribution in [0, 0.1) is 0 Å². The molecule has 12 heteroatoms. The van der Waals surface area contributed by atoms with Gasteiger partial charge in [0.25, 0.3) is 11.8 Å². The van der Waals surface area contributed by atoms with Gasteiger partial charge < -0.3 is 38.3 Å². The van der Waals surface area contributed by atoms with Crippen molar-refractivity contribution in [3.05, 3.63) is 59.9 Å². The first-order chi connectivity index (χ1) is 26.2. The predicted molar refractivity (Wildman–Crippen MR) is 211 cm³/mol. The number of benzene rings is 2. The molecule has 4 fully saturated rings. The van der Waals surface area contributed by atoms with Gasteiger partial charge in [0.2, 0.25) is 0 Å². The van der Waals surface area contributed by atoms with Crippen molar-refractivity contribution in [2.24, 2.45) is 0 Å². The van der Waals surface area contributed by atoms with Gasteiger partial charge in [-0.05, 0) is 96.0 Å². The molecular formula is C42H58N6O6. The number of rotatable bonds is 9. The smallest absolute Gasteiger partial charge is 0.270 e. The van der Waals surface area contributed by atoms with E-state index in [0.29, 0.717) is 70.4 Å². The molecule has 2 aromatic carbocycles. The second-order valence-electron chi connectivity index (χ2n) is 15.5. The number of ether oxygens (including phenoxy) is 4. The molecule has 0 radical (unpaired) electrons. The summed E-state index contributed by atoms with van der Waals surface area (Å²) in [6.07, 6.45) is 2.60. The van der Waals surface area contributed by atoms with Gasteiger partial charge in [-0.2, -0.15) is 0 Å². The fourth-order valence-corrected chi connectivity index (χ4v) is 8.03. The number of carbonyl (C=O) groups is 2. The summed E-state index contributed by atoms with van der Waals surface area (Å²) in [5.41, 5.74) is 3.43. The van der Waals surface area contributed by atoms with E-state index in [1.54, 1.807) is 0 Å². The van der Waals surface area contributed by atoms with E-state index in [0.717, 1.165) is 84.6 Å². The molecule has 2 aromatic heterocycles. The van der Waals surface area contributed by atoms with Crippen LogP contribution in [0.1, 0.15) is 68.4 Å². The number of likely N-dealkylation sites (tertiary alicyclic amines) is 2. The topological polar surface area (TPSA) is 105 Å². The molecule has 1 N–H and O–H groups in total. The SMILES string of the molecule is CC(C)N1CCC(Oc2ccc3[nH]c(C(=O)N4CCOCC4)cc3c2)C1.CCn1c(C(=O)N2CCOCC2)cc2cc(OC3CCN(C(C)C)C3)ccc21. The van der Waals surface area contributed by atoms with E-state index in [9.17, 15) is 9.59 Å². The molecule has 12 nitrogen and oxygen atoms in total. The predicted octanol–water partition coefficient (Wildman–Crippen LogP) is 5.50. The van der Waals surface area contributed by atoms with Crippen molar-refractivity contribution in [2.75, 3.05) is 78.8 Å².